The highest BCUT2D eigenvalue weighted by Gasteiger charge is 2.17. The number of halogens is 3. The summed E-state index contributed by atoms with van der Waals surface area (Å²) in [6.45, 7) is 0.229. The molecule has 0 saturated carbocycles. The minimum absolute atomic E-state index is 0. The average molecular weight is 373 g/mol. The zero-order valence-corrected chi connectivity index (χ0v) is 14.7. The van der Waals surface area contributed by atoms with Gasteiger partial charge in [-0.05, 0) is 18.2 Å². The normalized spacial score (nSPS) is 15.0. The molecule has 0 saturated heterocycles. The molecule has 0 spiro atoms. The highest BCUT2D eigenvalue weighted by molar-refractivity contribution is 6.30. The molecule has 0 amide bonds. The second kappa shape index (κ2) is 8.31. The van der Waals surface area contributed by atoms with Crippen molar-refractivity contribution >= 4 is 47.9 Å². The van der Waals surface area contributed by atoms with E-state index in [2.05, 4.69) is 9.98 Å². The average Bonchev–Trinajstić information content (AvgIpc) is 2.63. The van der Waals surface area contributed by atoms with Crippen LogP contribution in [0.3, 0.4) is 0 Å². The van der Waals surface area contributed by atoms with Crippen LogP contribution < -0.4 is 10.6 Å². The van der Waals surface area contributed by atoms with Gasteiger partial charge in [-0.3, -0.25) is 10.2 Å². The fourth-order valence-corrected chi connectivity index (χ4v) is 2.52. The van der Waals surface area contributed by atoms with Crippen molar-refractivity contribution in [2.75, 3.05) is 13.6 Å². The molecule has 1 aliphatic heterocycles. The fraction of sp³-hybridized carbons (Fsp3) is 0.125. The Morgan fingerprint density at radius 3 is 2.48 bits per heavy atom. The van der Waals surface area contributed by atoms with Crippen LogP contribution in [-0.2, 0) is 0 Å². The summed E-state index contributed by atoms with van der Waals surface area (Å²) in [6.07, 6.45) is 0. The number of benzene rings is 2. The molecule has 0 radical (unpaired) electrons. The van der Waals surface area contributed by atoms with Gasteiger partial charge in [-0.2, -0.15) is 0 Å². The Morgan fingerprint density at radius 2 is 1.83 bits per heavy atom. The summed E-state index contributed by atoms with van der Waals surface area (Å²) in [5, 5.41) is 13.8. The zero-order chi connectivity index (χ0) is 14.8. The summed E-state index contributed by atoms with van der Waals surface area (Å²) in [7, 11) is 1.66. The maximum atomic E-state index is 10.5. The molecular weight excluding hydrogens is 357 g/mol. The van der Waals surface area contributed by atoms with Crippen LogP contribution in [0.4, 0.5) is 0 Å². The molecule has 0 unspecified atom stereocenters. The summed E-state index contributed by atoms with van der Waals surface area (Å²) in [4.78, 5) is 8.60. The first kappa shape index (κ1) is 19.5. The molecule has 122 valence electrons. The molecule has 0 aliphatic carbocycles. The molecule has 7 heteroatoms. The standard InChI is InChI=1S/C16H14ClN3O.2ClH/c1-18-15-10-20(21)16(11-5-3-2-4-6-11)13-9-12(17)7-8-14(13)19-15;;/h2-9,21H,10H2,1H3;2*1H. The van der Waals surface area contributed by atoms with Crippen LogP contribution in [-0.4, -0.2) is 29.7 Å². The van der Waals surface area contributed by atoms with Gasteiger partial charge in [0.2, 0.25) is 0 Å². The Labute approximate surface area is 151 Å². The van der Waals surface area contributed by atoms with E-state index in [1.54, 1.807) is 13.1 Å². The number of fused-ring (bicyclic) bond motifs is 1. The number of nitrogens with zero attached hydrogens (tertiary/aromatic N) is 3. The van der Waals surface area contributed by atoms with Gasteiger partial charge in [0, 0.05) is 22.9 Å². The van der Waals surface area contributed by atoms with Gasteiger partial charge < -0.3 is 0 Å². The third-order valence-corrected chi connectivity index (χ3v) is 3.55. The van der Waals surface area contributed by atoms with E-state index < -0.39 is 0 Å². The van der Waals surface area contributed by atoms with Gasteiger partial charge in [0.15, 0.2) is 0 Å². The van der Waals surface area contributed by atoms with Gasteiger partial charge in [0.25, 0.3) is 0 Å². The Hall–Kier alpha value is -1.59. The molecule has 3 rings (SSSR count). The molecule has 2 aromatic carbocycles. The summed E-state index contributed by atoms with van der Waals surface area (Å²) in [5.74, 6) is 0.562. The Morgan fingerprint density at radius 1 is 1.13 bits per heavy atom. The summed E-state index contributed by atoms with van der Waals surface area (Å²) >= 11 is 6.12. The van der Waals surface area contributed by atoms with Crippen LogP contribution >= 0.6 is 36.4 Å². The smallest absolute Gasteiger partial charge is 0.145 e. The number of hydroxylamine groups is 2. The predicted octanol–water partition coefficient (Wildman–Crippen LogP) is 2.69. The first-order valence-electron chi connectivity index (χ1n) is 6.55. The van der Waals surface area contributed by atoms with Crippen LogP contribution in [0.5, 0.6) is 0 Å². The lowest BCUT2D eigenvalue weighted by atomic mass is 10.1. The van der Waals surface area contributed by atoms with E-state index in [4.69, 9.17) is 11.6 Å². The van der Waals surface area contributed by atoms with E-state index in [0.717, 1.165) is 16.1 Å². The SMILES string of the molecule is CN=C1CN(O)C(c2ccccc2)=c2cc(Cl)ccc2=N1.Cl.Cl. The molecule has 0 bridgehead atoms. The second-order valence-corrected chi connectivity index (χ2v) is 5.12. The predicted molar refractivity (Wildman–Crippen MR) is 97.5 cm³/mol. The molecule has 0 fully saturated rings. The number of amidine groups is 1. The Balaban J connectivity index is 0.00000132. The van der Waals surface area contributed by atoms with Crippen molar-refractivity contribution in [3.63, 3.8) is 0 Å². The van der Waals surface area contributed by atoms with Crippen molar-refractivity contribution in [1.82, 2.24) is 5.06 Å². The Kier molecular flexibility index (Phi) is 7.03. The molecule has 23 heavy (non-hydrogen) atoms. The topological polar surface area (TPSA) is 48.2 Å². The first-order valence-corrected chi connectivity index (χ1v) is 6.93. The van der Waals surface area contributed by atoms with Crippen molar-refractivity contribution in [3.05, 3.63) is 69.7 Å². The largest absolute Gasteiger partial charge is 0.288 e. The van der Waals surface area contributed by atoms with Gasteiger partial charge in [0.1, 0.15) is 12.4 Å². The lowest BCUT2D eigenvalue weighted by molar-refractivity contribution is -0.0119. The number of aliphatic imine (C=N–C) groups is 1. The van der Waals surface area contributed by atoms with Crippen molar-refractivity contribution < 1.29 is 5.21 Å². The zero-order valence-electron chi connectivity index (χ0n) is 12.3. The number of rotatable bonds is 1. The highest BCUT2D eigenvalue weighted by Crippen LogP contribution is 2.15. The van der Waals surface area contributed by atoms with Gasteiger partial charge in [-0.1, -0.05) is 41.9 Å². The van der Waals surface area contributed by atoms with Crippen molar-refractivity contribution in [2.45, 2.75) is 0 Å². The van der Waals surface area contributed by atoms with E-state index in [9.17, 15) is 5.21 Å². The summed E-state index contributed by atoms with van der Waals surface area (Å²) in [6, 6.07) is 15.1. The minimum Gasteiger partial charge on any atom is -0.288 e. The van der Waals surface area contributed by atoms with Crippen LogP contribution in [0.25, 0.3) is 5.70 Å². The lowest BCUT2D eigenvalue weighted by Gasteiger charge is -2.19. The molecule has 4 nitrogen and oxygen atoms in total. The van der Waals surface area contributed by atoms with Crippen LogP contribution in [0, 0.1) is 0 Å². The van der Waals surface area contributed by atoms with Crippen molar-refractivity contribution in [3.8, 4) is 0 Å². The molecule has 1 heterocycles. The molecule has 1 aliphatic rings. The van der Waals surface area contributed by atoms with E-state index in [1.165, 1.54) is 5.06 Å². The second-order valence-electron chi connectivity index (χ2n) is 4.69. The van der Waals surface area contributed by atoms with E-state index >= 15 is 0 Å². The third-order valence-electron chi connectivity index (χ3n) is 3.32. The van der Waals surface area contributed by atoms with E-state index in [-0.39, 0.29) is 31.4 Å². The van der Waals surface area contributed by atoms with Crippen LogP contribution in [0.15, 0.2) is 58.5 Å². The molecule has 2 aromatic rings. The monoisotopic (exact) mass is 371 g/mol. The van der Waals surface area contributed by atoms with Gasteiger partial charge >= 0.3 is 0 Å². The quantitative estimate of drug-likeness (QED) is 0.836. The minimum atomic E-state index is 0. The third kappa shape index (κ3) is 4.03. The lowest BCUT2D eigenvalue weighted by Crippen LogP contribution is -2.31. The van der Waals surface area contributed by atoms with Crippen LogP contribution in [0.2, 0.25) is 5.02 Å². The van der Waals surface area contributed by atoms with Gasteiger partial charge in [-0.15, -0.1) is 24.8 Å². The Bertz CT molecular complexity index is 822. The summed E-state index contributed by atoms with van der Waals surface area (Å²) < 4.78 is 0. The maximum Gasteiger partial charge on any atom is 0.145 e. The van der Waals surface area contributed by atoms with Crippen molar-refractivity contribution in [1.29, 1.82) is 0 Å². The molecule has 0 atom stereocenters. The van der Waals surface area contributed by atoms with Crippen molar-refractivity contribution in [2.24, 2.45) is 9.98 Å². The number of hydrogen-bond donors (Lipinski definition) is 1. The summed E-state index contributed by atoms with van der Waals surface area (Å²) in [5.41, 5.74) is 1.58. The molecule has 0 aromatic heterocycles. The van der Waals surface area contributed by atoms with Gasteiger partial charge in [0.05, 0.1) is 11.1 Å². The van der Waals surface area contributed by atoms with E-state index in [1.807, 2.05) is 42.5 Å². The number of hydrogen-bond acceptors (Lipinski definition) is 3. The first-order chi connectivity index (χ1) is 10.2. The molecule has 1 N–H and O–H groups in total. The highest BCUT2D eigenvalue weighted by atomic mass is 35.5. The van der Waals surface area contributed by atoms with Gasteiger partial charge in [-0.25, -0.2) is 10.1 Å². The maximum absolute atomic E-state index is 10.5. The van der Waals surface area contributed by atoms with E-state index in [0.29, 0.717) is 16.6 Å². The fourth-order valence-electron chi connectivity index (χ4n) is 2.34. The van der Waals surface area contributed by atoms with Crippen LogP contribution in [0.1, 0.15) is 5.56 Å². The molecular formula is C16H16Cl3N3O.